The van der Waals surface area contributed by atoms with E-state index in [4.69, 9.17) is 10.9 Å². The van der Waals surface area contributed by atoms with Crippen molar-refractivity contribution < 1.29 is 5.21 Å². The van der Waals surface area contributed by atoms with E-state index in [9.17, 15) is 0 Å². The van der Waals surface area contributed by atoms with Gasteiger partial charge in [0, 0.05) is 30.9 Å². The first-order valence-electron chi connectivity index (χ1n) is 6.47. The van der Waals surface area contributed by atoms with Crippen LogP contribution in [0.4, 0.5) is 5.82 Å². The second-order valence-corrected chi connectivity index (χ2v) is 5.14. The van der Waals surface area contributed by atoms with Crippen LogP contribution in [0.5, 0.6) is 0 Å². The molecule has 1 aliphatic rings. The minimum absolute atomic E-state index is 0.0883. The van der Waals surface area contributed by atoms with Crippen LogP contribution in [-0.2, 0) is 0 Å². The second kappa shape index (κ2) is 5.88. The quantitative estimate of drug-likeness (QED) is 0.362. The molecule has 0 spiro atoms. The molecule has 6 nitrogen and oxygen atoms in total. The highest BCUT2D eigenvalue weighted by molar-refractivity contribution is 5.96. The molecule has 3 N–H and O–H groups in total. The van der Waals surface area contributed by atoms with Gasteiger partial charge < -0.3 is 20.7 Å². The summed E-state index contributed by atoms with van der Waals surface area (Å²) in [5.41, 5.74) is 6.16. The van der Waals surface area contributed by atoms with Crippen molar-refractivity contribution in [3.8, 4) is 0 Å². The predicted molar refractivity (Wildman–Crippen MR) is 75.7 cm³/mol. The molecule has 0 saturated carbocycles. The van der Waals surface area contributed by atoms with Crippen LogP contribution in [0, 0.1) is 0 Å². The van der Waals surface area contributed by atoms with Crippen molar-refractivity contribution in [3.63, 3.8) is 0 Å². The molecule has 1 aromatic rings. The number of likely N-dealkylation sites (N-methyl/N-ethyl adjacent to an activating group) is 1. The number of nitrogens with two attached hydrogens (primary N) is 1. The Morgan fingerprint density at radius 1 is 1.58 bits per heavy atom. The summed E-state index contributed by atoms with van der Waals surface area (Å²) in [6, 6.07) is 4.28. The maximum atomic E-state index is 8.63. The summed E-state index contributed by atoms with van der Waals surface area (Å²) >= 11 is 0. The zero-order valence-corrected chi connectivity index (χ0v) is 11.5. The lowest BCUT2D eigenvalue weighted by atomic mass is 10.2. The topological polar surface area (TPSA) is 78.0 Å². The molecular weight excluding hydrogens is 242 g/mol. The second-order valence-electron chi connectivity index (χ2n) is 5.14. The highest BCUT2D eigenvalue weighted by Crippen LogP contribution is 2.24. The minimum atomic E-state index is 0.0883. The lowest BCUT2D eigenvalue weighted by Crippen LogP contribution is -2.38. The molecule has 0 aromatic carbocycles. The van der Waals surface area contributed by atoms with E-state index in [1.807, 2.05) is 12.1 Å². The molecule has 0 aliphatic carbocycles. The number of oxime groups is 1. The van der Waals surface area contributed by atoms with Gasteiger partial charge in [-0.25, -0.2) is 4.98 Å². The lowest BCUT2D eigenvalue weighted by molar-refractivity contribution is 0.318. The number of amidine groups is 1. The van der Waals surface area contributed by atoms with E-state index in [2.05, 4.69) is 34.0 Å². The molecule has 19 heavy (non-hydrogen) atoms. The van der Waals surface area contributed by atoms with Gasteiger partial charge in [-0.3, -0.25) is 0 Å². The summed E-state index contributed by atoms with van der Waals surface area (Å²) in [5.74, 6) is 1.05. The molecule has 1 aromatic heterocycles. The number of aromatic nitrogens is 1. The molecule has 1 unspecified atom stereocenters. The van der Waals surface area contributed by atoms with Gasteiger partial charge in [0.2, 0.25) is 0 Å². The van der Waals surface area contributed by atoms with E-state index in [-0.39, 0.29) is 5.84 Å². The number of anilines is 1. The van der Waals surface area contributed by atoms with Crippen molar-refractivity contribution in [3.05, 3.63) is 23.9 Å². The van der Waals surface area contributed by atoms with Gasteiger partial charge in [-0.2, -0.15) is 0 Å². The Labute approximate surface area is 113 Å². The number of pyridine rings is 1. The number of hydrogen-bond donors (Lipinski definition) is 2. The molecule has 104 valence electrons. The van der Waals surface area contributed by atoms with Crippen LogP contribution in [0.15, 0.2) is 23.5 Å². The van der Waals surface area contributed by atoms with Crippen LogP contribution >= 0.6 is 0 Å². The third kappa shape index (κ3) is 3.14. The molecule has 1 fully saturated rings. The standard InChI is InChI=1S/C13H21N5O/c1-17(2)9-11-4-3-7-18(11)12-6-5-10(8-15-12)13(14)16-19/h5-6,8,11,19H,3-4,7,9H2,1-2H3,(H2,14,16). The summed E-state index contributed by atoms with van der Waals surface area (Å²) in [7, 11) is 4.18. The fraction of sp³-hybridized carbons (Fsp3) is 0.538. The average Bonchev–Trinajstić information content (AvgIpc) is 2.85. The van der Waals surface area contributed by atoms with Crippen LogP contribution in [0.2, 0.25) is 0 Å². The molecule has 0 radical (unpaired) electrons. The monoisotopic (exact) mass is 263 g/mol. The van der Waals surface area contributed by atoms with E-state index >= 15 is 0 Å². The van der Waals surface area contributed by atoms with Crippen LogP contribution < -0.4 is 10.6 Å². The number of hydrogen-bond acceptors (Lipinski definition) is 5. The van der Waals surface area contributed by atoms with Gasteiger partial charge in [-0.1, -0.05) is 5.16 Å². The van der Waals surface area contributed by atoms with Gasteiger partial charge in [0.25, 0.3) is 0 Å². The average molecular weight is 263 g/mol. The lowest BCUT2D eigenvalue weighted by Gasteiger charge is -2.28. The SMILES string of the molecule is CN(C)CC1CCCN1c1ccc(/C(N)=N/O)cn1. The van der Waals surface area contributed by atoms with E-state index in [1.165, 1.54) is 12.8 Å². The first kappa shape index (κ1) is 13.6. The van der Waals surface area contributed by atoms with E-state index in [1.54, 1.807) is 6.20 Å². The number of nitrogens with zero attached hydrogens (tertiary/aromatic N) is 4. The molecule has 1 atom stereocenters. The summed E-state index contributed by atoms with van der Waals surface area (Å²) < 4.78 is 0. The zero-order valence-electron chi connectivity index (χ0n) is 11.5. The van der Waals surface area contributed by atoms with Crippen molar-refractivity contribution in [2.24, 2.45) is 10.9 Å². The van der Waals surface area contributed by atoms with Gasteiger partial charge in [0.15, 0.2) is 5.84 Å². The molecular formula is C13H21N5O. The Morgan fingerprint density at radius 3 is 2.95 bits per heavy atom. The fourth-order valence-electron chi connectivity index (χ4n) is 2.51. The maximum absolute atomic E-state index is 8.63. The third-order valence-electron chi connectivity index (χ3n) is 3.40. The van der Waals surface area contributed by atoms with Crippen molar-refractivity contribution in [2.75, 3.05) is 32.1 Å². The Bertz CT molecular complexity index is 443. The first-order chi connectivity index (χ1) is 9.11. The van der Waals surface area contributed by atoms with Gasteiger partial charge in [-0.15, -0.1) is 0 Å². The van der Waals surface area contributed by atoms with Crippen LogP contribution in [0.3, 0.4) is 0 Å². The summed E-state index contributed by atoms with van der Waals surface area (Å²) in [5, 5.41) is 11.6. The third-order valence-corrected chi connectivity index (χ3v) is 3.40. The van der Waals surface area contributed by atoms with Crippen molar-refractivity contribution >= 4 is 11.7 Å². The molecule has 2 rings (SSSR count). The number of rotatable bonds is 4. The van der Waals surface area contributed by atoms with Crippen molar-refractivity contribution in [2.45, 2.75) is 18.9 Å². The Kier molecular flexibility index (Phi) is 4.21. The van der Waals surface area contributed by atoms with Crippen LogP contribution in [-0.4, -0.2) is 54.2 Å². The van der Waals surface area contributed by atoms with Gasteiger partial charge in [0.05, 0.1) is 0 Å². The molecule has 1 aliphatic heterocycles. The molecule has 6 heteroatoms. The summed E-state index contributed by atoms with van der Waals surface area (Å²) in [6.45, 7) is 2.07. The Morgan fingerprint density at radius 2 is 2.37 bits per heavy atom. The van der Waals surface area contributed by atoms with Crippen LogP contribution in [0.1, 0.15) is 18.4 Å². The first-order valence-corrected chi connectivity index (χ1v) is 6.47. The van der Waals surface area contributed by atoms with Crippen molar-refractivity contribution in [1.82, 2.24) is 9.88 Å². The largest absolute Gasteiger partial charge is 0.409 e. The Hall–Kier alpha value is -1.82. The molecule has 1 saturated heterocycles. The maximum Gasteiger partial charge on any atom is 0.171 e. The molecule has 0 bridgehead atoms. The van der Waals surface area contributed by atoms with E-state index in [0.29, 0.717) is 11.6 Å². The fourth-order valence-corrected chi connectivity index (χ4v) is 2.51. The van der Waals surface area contributed by atoms with Crippen LogP contribution in [0.25, 0.3) is 0 Å². The predicted octanol–water partition coefficient (Wildman–Crippen LogP) is 0.707. The van der Waals surface area contributed by atoms with Gasteiger partial charge >= 0.3 is 0 Å². The van der Waals surface area contributed by atoms with E-state index < -0.39 is 0 Å². The van der Waals surface area contributed by atoms with Crippen molar-refractivity contribution in [1.29, 1.82) is 0 Å². The smallest absolute Gasteiger partial charge is 0.171 e. The highest BCUT2D eigenvalue weighted by Gasteiger charge is 2.25. The zero-order chi connectivity index (χ0) is 13.8. The molecule has 0 amide bonds. The Balaban J connectivity index is 2.13. The normalized spacial score (nSPS) is 20.3. The van der Waals surface area contributed by atoms with Gasteiger partial charge in [0.1, 0.15) is 5.82 Å². The van der Waals surface area contributed by atoms with Gasteiger partial charge in [-0.05, 0) is 39.1 Å². The minimum Gasteiger partial charge on any atom is -0.409 e. The molecule has 2 heterocycles. The van der Waals surface area contributed by atoms with E-state index in [0.717, 1.165) is 18.9 Å². The highest BCUT2D eigenvalue weighted by atomic mass is 16.4. The summed E-state index contributed by atoms with van der Waals surface area (Å²) in [6.07, 6.45) is 4.04. The summed E-state index contributed by atoms with van der Waals surface area (Å²) in [4.78, 5) is 8.95.